The Morgan fingerprint density at radius 2 is 1.74 bits per heavy atom. The monoisotopic (exact) mass is 409 g/mol. The highest BCUT2D eigenvalue weighted by Crippen LogP contribution is 2.32. The second-order valence-corrected chi connectivity index (χ2v) is 8.50. The van der Waals surface area contributed by atoms with Gasteiger partial charge in [0.25, 0.3) is 5.91 Å². The average molecular weight is 410 g/mol. The van der Waals surface area contributed by atoms with Gasteiger partial charge in [-0.25, -0.2) is 0 Å². The van der Waals surface area contributed by atoms with Crippen LogP contribution < -0.4 is 0 Å². The van der Waals surface area contributed by atoms with E-state index in [1.54, 1.807) is 41.3 Å². The van der Waals surface area contributed by atoms with Crippen molar-refractivity contribution < 1.29 is 22.9 Å². The molecule has 1 amide bonds. The van der Waals surface area contributed by atoms with Crippen molar-refractivity contribution in [1.29, 1.82) is 0 Å². The van der Waals surface area contributed by atoms with Crippen molar-refractivity contribution in [3.63, 3.8) is 0 Å². The summed E-state index contributed by atoms with van der Waals surface area (Å²) in [4.78, 5) is 15.1. The Morgan fingerprint density at radius 1 is 1.07 bits per heavy atom. The number of piperidine rings is 1. The Balaban J connectivity index is 1.36. The van der Waals surface area contributed by atoms with Gasteiger partial charge in [0.1, 0.15) is 5.76 Å². The van der Waals surface area contributed by atoms with Gasteiger partial charge in [0.15, 0.2) is 11.5 Å². The molecule has 6 nitrogen and oxygen atoms in total. The van der Waals surface area contributed by atoms with Gasteiger partial charge in [-0.3, -0.25) is 9.00 Å². The summed E-state index contributed by atoms with van der Waals surface area (Å²) in [5, 5.41) is 0.596. The predicted octanol–water partition coefficient (Wildman–Crippen LogP) is 3.22. The third-order valence-electron chi connectivity index (χ3n) is 4.85. The van der Waals surface area contributed by atoms with Crippen LogP contribution in [0.2, 0.25) is 5.02 Å². The number of rotatable bonds is 4. The number of hydrogen-bond acceptors (Lipinski definition) is 5. The Bertz CT molecular complexity index is 834. The first-order valence-corrected chi connectivity index (χ1v) is 10.5. The molecule has 1 spiro atoms. The fourth-order valence-corrected chi connectivity index (χ4v) is 4.51. The second kappa shape index (κ2) is 7.75. The third kappa shape index (κ3) is 4.11. The Morgan fingerprint density at radius 3 is 2.41 bits per heavy atom. The van der Waals surface area contributed by atoms with E-state index in [1.165, 1.54) is 0 Å². The Labute approximate surface area is 164 Å². The first kappa shape index (κ1) is 18.7. The van der Waals surface area contributed by atoms with E-state index in [1.807, 2.05) is 0 Å². The molecule has 27 heavy (non-hydrogen) atoms. The Hall–Kier alpha value is -1.67. The molecule has 0 saturated carbocycles. The van der Waals surface area contributed by atoms with Crippen molar-refractivity contribution >= 4 is 28.3 Å². The van der Waals surface area contributed by atoms with E-state index in [9.17, 15) is 9.00 Å². The molecular formula is C19H20ClNO5S. The van der Waals surface area contributed by atoms with Crippen LogP contribution in [0.5, 0.6) is 0 Å². The number of benzene rings is 1. The van der Waals surface area contributed by atoms with Gasteiger partial charge in [0, 0.05) is 35.8 Å². The van der Waals surface area contributed by atoms with Crippen LogP contribution in [0.1, 0.15) is 29.2 Å². The molecule has 2 aliphatic rings. The maximum Gasteiger partial charge on any atom is 0.289 e. The molecule has 2 saturated heterocycles. The van der Waals surface area contributed by atoms with Gasteiger partial charge in [-0.1, -0.05) is 11.6 Å². The summed E-state index contributed by atoms with van der Waals surface area (Å²) in [5.74, 6) is 0.316. The number of carbonyl (C=O) groups excluding carboxylic acids is 1. The van der Waals surface area contributed by atoms with E-state index in [2.05, 4.69) is 0 Å². The molecular weight excluding hydrogens is 390 g/mol. The number of amides is 1. The molecule has 0 aliphatic carbocycles. The van der Waals surface area contributed by atoms with E-state index in [0.717, 1.165) is 0 Å². The highest BCUT2D eigenvalue weighted by molar-refractivity contribution is 7.84. The number of likely N-dealkylation sites (tertiary alicyclic amines) is 1. The van der Waals surface area contributed by atoms with Gasteiger partial charge in [-0.05, 0) is 36.4 Å². The predicted molar refractivity (Wildman–Crippen MR) is 100 cm³/mol. The molecule has 4 rings (SSSR count). The van der Waals surface area contributed by atoms with Crippen LogP contribution >= 0.6 is 11.6 Å². The number of ether oxygens (including phenoxy) is 2. The van der Waals surface area contributed by atoms with Crippen molar-refractivity contribution in [3.8, 4) is 0 Å². The minimum atomic E-state index is -1.26. The fourth-order valence-electron chi connectivity index (χ4n) is 3.36. The zero-order valence-corrected chi connectivity index (χ0v) is 16.3. The number of furan rings is 1. The van der Waals surface area contributed by atoms with Crippen LogP contribution in [-0.2, 0) is 26.0 Å². The zero-order chi connectivity index (χ0) is 18.9. The molecule has 2 aliphatic heterocycles. The lowest BCUT2D eigenvalue weighted by Crippen LogP contribution is -2.47. The van der Waals surface area contributed by atoms with Crippen molar-refractivity contribution in [2.75, 3.05) is 26.3 Å². The van der Waals surface area contributed by atoms with Crippen molar-refractivity contribution in [2.24, 2.45) is 0 Å². The lowest BCUT2D eigenvalue weighted by Gasteiger charge is -2.37. The molecule has 0 unspecified atom stereocenters. The molecule has 144 valence electrons. The molecule has 0 N–H and O–H groups in total. The Kier molecular flexibility index (Phi) is 5.36. The van der Waals surface area contributed by atoms with Gasteiger partial charge < -0.3 is 18.8 Å². The van der Waals surface area contributed by atoms with Crippen molar-refractivity contribution in [2.45, 2.75) is 29.3 Å². The van der Waals surface area contributed by atoms with Crippen LogP contribution in [0.3, 0.4) is 0 Å². The number of halogens is 1. The van der Waals surface area contributed by atoms with Gasteiger partial charge >= 0.3 is 0 Å². The summed E-state index contributed by atoms with van der Waals surface area (Å²) in [7, 11) is -1.26. The maximum atomic E-state index is 12.7. The average Bonchev–Trinajstić information content (AvgIpc) is 3.32. The molecule has 2 fully saturated rings. The van der Waals surface area contributed by atoms with Crippen molar-refractivity contribution in [3.05, 3.63) is 52.9 Å². The SMILES string of the molecule is O=C(c1ccc(C[S@@](=O)c2ccc(Cl)cc2)o1)N1CCC2(CC1)OCCO2. The van der Waals surface area contributed by atoms with Gasteiger partial charge in [0.2, 0.25) is 0 Å². The summed E-state index contributed by atoms with van der Waals surface area (Å²) in [6.45, 7) is 2.34. The largest absolute Gasteiger partial charge is 0.455 e. The van der Waals surface area contributed by atoms with Crippen LogP contribution in [0, 0.1) is 0 Å². The first-order valence-electron chi connectivity index (χ1n) is 8.85. The zero-order valence-electron chi connectivity index (χ0n) is 14.7. The van der Waals surface area contributed by atoms with E-state index in [-0.39, 0.29) is 17.4 Å². The quantitative estimate of drug-likeness (QED) is 0.775. The third-order valence-corrected chi connectivity index (χ3v) is 6.44. The summed E-state index contributed by atoms with van der Waals surface area (Å²) in [5.41, 5.74) is 0. The first-order chi connectivity index (χ1) is 13.0. The van der Waals surface area contributed by atoms with Crippen LogP contribution in [-0.4, -0.2) is 47.1 Å². The number of hydrogen-bond donors (Lipinski definition) is 0. The maximum absolute atomic E-state index is 12.7. The number of carbonyl (C=O) groups is 1. The molecule has 1 atom stereocenters. The lowest BCUT2D eigenvalue weighted by molar-refractivity contribution is -0.181. The number of nitrogens with zero attached hydrogens (tertiary/aromatic N) is 1. The van der Waals surface area contributed by atoms with Crippen LogP contribution in [0.25, 0.3) is 0 Å². The fraction of sp³-hybridized carbons (Fsp3) is 0.421. The highest BCUT2D eigenvalue weighted by Gasteiger charge is 2.41. The van der Waals surface area contributed by atoms with Gasteiger partial charge in [0.05, 0.1) is 29.8 Å². The summed E-state index contributed by atoms with van der Waals surface area (Å²) >= 11 is 5.85. The minimum Gasteiger partial charge on any atom is -0.455 e. The van der Waals surface area contributed by atoms with E-state index >= 15 is 0 Å². The summed E-state index contributed by atoms with van der Waals surface area (Å²) in [6, 6.07) is 10.2. The topological polar surface area (TPSA) is 69.0 Å². The molecule has 3 heterocycles. The molecule has 8 heteroatoms. The summed E-state index contributed by atoms with van der Waals surface area (Å²) in [6.07, 6.45) is 1.32. The standard InChI is InChI=1S/C19H20ClNO5S/c20-14-1-4-16(5-2-14)27(23)13-15-3-6-17(26-15)18(22)21-9-7-19(8-10-21)24-11-12-25-19/h1-6H,7-13H2/t27-/m1/s1. The molecule has 2 aromatic rings. The molecule has 0 radical (unpaired) electrons. The molecule has 0 bridgehead atoms. The second-order valence-electron chi connectivity index (χ2n) is 6.61. The normalized spacial score (nSPS) is 20.1. The smallest absolute Gasteiger partial charge is 0.289 e. The van der Waals surface area contributed by atoms with Crippen LogP contribution in [0.15, 0.2) is 45.7 Å². The van der Waals surface area contributed by atoms with Gasteiger partial charge in [-0.2, -0.15) is 0 Å². The minimum absolute atomic E-state index is 0.161. The van der Waals surface area contributed by atoms with E-state index in [4.69, 9.17) is 25.5 Å². The molecule has 1 aromatic carbocycles. The van der Waals surface area contributed by atoms with Crippen molar-refractivity contribution in [1.82, 2.24) is 4.90 Å². The lowest BCUT2D eigenvalue weighted by atomic mass is 10.0. The van der Waals surface area contributed by atoms with E-state index < -0.39 is 16.6 Å². The highest BCUT2D eigenvalue weighted by atomic mass is 35.5. The molecule has 1 aromatic heterocycles. The summed E-state index contributed by atoms with van der Waals surface area (Å²) < 4.78 is 29.5. The van der Waals surface area contributed by atoms with Crippen LogP contribution in [0.4, 0.5) is 0 Å². The van der Waals surface area contributed by atoms with Gasteiger partial charge in [-0.15, -0.1) is 0 Å². The van der Waals surface area contributed by atoms with E-state index in [0.29, 0.717) is 54.8 Å².